The first-order chi connectivity index (χ1) is 12.4. The number of halogens is 1. The molecule has 1 fully saturated rings. The summed E-state index contributed by atoms with van der Waals surface area (Å²) in [6.45, 7) is 4.78. The van der Waals surface area contributed by atoms with Crippen molar-refractivity contribution in [1.29, 1.82) is 0 Å². The van der Waals surface area contributed by atoms with Gasteiger partial charge in [0.05, 0.1) is 17.6 Å². The number of rotatable bonds is 4. The molecule has 3 rings (SSSR count). The highest BCUT2D eigenvalue weighted by molar-refractivity contribution is 5.98. The molecular weight excluding hydrogens is 335 g/mol. The van der Waals surface area contributed by atoms with E-state index in [1.54, 1.807) is 40.3 Å². The van der Waals surface area contributed by atoms with Gasteiger partial charge >= 0.3 is 0 Å². The molecule has 1 saturated heterocycles. The Balaban J connectivity index is 1.73. The number of hydrogen-bond acceptors (Lipinski definition) is 3. The molecule has 1 aromatic heterocycles. The smallest absolute Gasteiger partial charge is 0.253 e. The van der Waals surface area contributed by atoms with Crippen molar-refractivity contribution in [2.24, 2.45) is 0 Å². The van der Waals surface area contributed by atoms with Crippen molar-refractivity contribution in [2.45, 2.75) is 26.3 Å². The number of allylic oxidation sites excluding steroid dienone is 1. The molecule has 2 aromatic rings. The van der Waals surface area contributed by atoms with E-state index in [9.17, 15) is 14.0 Å². The van der Waals surface area contributed by atoms with Crippen LogP contribution in [0.1, 0.15) is 30.6 Å². The number of hydrogen-bond donors (Lipinski definition) is 1. The first-order valence-electron chi connectivity index (χ1n) is 8.46. The predicted octanol–water partition coefficient (Wildman–Crippen LogP) is 2.31. The van der Waals surface area contributed by atoms with Crippen LogP contribution < -0.4 is 5.32 Å². The summed E-state index contributed by atoms with van der Waals surface area (Å²) in [5, 5.41) is 2.91. The molecule has 2 heterocycles. The molecule has 1 atom stereocenters. The molecule has 26 heavy (non-hydrogen) atoms. The van der Waals surface area contributed by atoms with Gasteiger partial charge in [0.25, 0.3) is 5.91 Å². The molecule has 1 N–H and O–H groups in total. The lowest BCUT2D eigenvalue weighted by Gasteiger charge is -2.17. The normalized spacial score (nSPS) is 16.4. The van der Waals surface area contributed by atoms with E-state index in [0.29, 0.717) is 25.2 Å². The number of carbonyl (C=O) groups excluding carboxylic acids is 2. The van der Waals surface area contributed by atoms with Gasteiger partial charge in [-0.25, -0.2) is 9.37 Å². The fourth-order valence-electron chi connectivity index (χ4n) is 3.00. The number of benzene rings is 1. The Hall–Kier alpha value is -2.96. The van der Waals surface area contributed by atoms with Crippen LogP contribution in [0, 0.1) is 5.82 Å². The van der Waals surface area contributed by atoms with Gasteiger partial charge in [-0.15, -0.1) is 0 Å². The van der Waals surface area contributed by atoms with E-state index in [4.69, 9.17) is 0 Å². The molecule has 0 unspecified atom stereocenters. The lowest BCUT2D eigenvalue weighted by Crippen LogP contribution is -2.38. The predicted molar refractivity (Wildman–Crippen MR) is 95.4 cm³/mol. The Morgan fingerprint density at radius 1 is 1.35 bits per heavy atom. The minimum atomic E-state index is -0.481. The molecule has 0 aliphatic carbocycles. The highest BCUT2D eigenvalue weighted by Crippen LogP contribution is 2.18. The van der Waals surface area contributed by atoms with Gasteiger partial charge in [-0.2, -0.15) is 0 Å². The van der Waals surface area contributed by atoms with Crippen LogP contribution in [0.15, 0.2) is 48.6 Å². The van der Waals surface area contributed by atoms with Crippen molar-refractivity contribution in [3.05, 3.63) is 59.9 Å². The third kappa shape index (κ3) is 3.99. The van der Waals surface area contributed by atoms with Crippen LogP contribution in [0.3, 0.4) is 0 Å². The van der Waals surface area contributed by atoms with E-state index < -0.39 is 5.82 Å². The quantitative estimate of drug-likeness (QED) is 0.855. The minimum Gasteiger partial charge on any atom is -0.347 e. The van der Waals surface area contributed by atoms with Crippen LogP contribution in [-0.2, 0) is 4.79 Å². The summed E-state index contributed by atoms with van der Waals surface area (Å²) in [7, 11) is 0. The summed E-state index contributed by atoms with van der Waals surface area (Å²) in [6, 6.07) is 3.91. The maximum absolute atomic E-state index is 13.7. The number of likely N-dealkylation sites (tertiary alicyclic amines) is 1. The molecule has 136 valence electrons. The van der Waals surface area contributed by atoms with Crippen LogP contribution in [0.25, 0.3) is 5.69 Å². The Kier molecular flexibility index (Phi) is 5.16. The standard InChI is InChI=1S/C19H21FN4O2/c1-13(2)9-18(25)23-7-5-15(11-23)22-19(26)16-10-14(20)3-4-17(16)24-8-6-21-12-24/h3-4,6,8-10,12,15H,5,7,11H2,1-2H3,(H,22,26)/t15-/m1/s1. The largest absolute Gasteiger partial charge is 0.347 e. The molecule has 7 heteroatoms. The maximum atomic E-state index is 13.7. The van der Waals surface area contributed by atoms with Gasteiger partial charge in [0.15, 0.2) is 0 Å². The van der Waals surface area contributed by atoms with Crippen molar-refractivity contribution >= 4 is 11.8 Å². The van der Waals surface area contributed by atoms with Crippen molar-refractivity contribution < 1.29 is 14.0 Å². The zero-order valence-electron chi connectivity index (χ0n) is 14.8. The number of aromatic nitrogens is 2. The highest BCUT2D eigenvalue weighted by atomic mass is 19.1. The first-order valence-corrected chi connectivity index (χ1v) is 8.46. The van der Waals surface area contributed by atoms with Crippen LogP contribution in [-0.4, -0.2) is 45.4 Å². The van der Waals surface area contributed by atoms with Crippen LogP contribution >= 0.6 is 0 Å². The van der Waals surface area contributed by atoms with Crippen molar-refractivity contribution in [1.82, 2.24) is 19.8 Å². The number of nitrogens with zero attached hydrogens (tertiary/aromatic N) is 3. The SMILES string of the molecule is CC(C)=CC(=O)N1CC[C@@H](NC(=O)c2cc(F)ccc2-n2ccnc2)C1. The molecule has 1 aliphatic heterocycles. The van der Waals surface area contributed by atoms with Gasteiger partial charge in [0.2, 0.25) is 5.91 Å². The molecule has 0 bridgehead atoms. The Morgan fingerprint density at radius 2 is 2.15 bits per heavy atom. The second-order valence-corrected chi connectivity index (χ2v) is 6.60. The summed E-state index contributed by atoms with van der Waals surface area (Å²) < 4.78 is 15.3. The molecule has 2 amide bonds. The van der Waals surface area contributed by atoms with Crippen molar-refractivity contribution in [3.8, 4) is 5.69 Å². The van der Waals surface area contributed by atoms with Gasteiger partial charge in [-0.05, 0) is 38.5 Å². The third-order valence-corrected chi connectivity index (χ3v) is 4.23. The lowest BCUT2D eigenvalue weighted by atomic mass is 10.1. The number of carbonyl (C=O) groups is 2. The zero-order chi connectivity index (χ0) is 18.7. The maximum Gasteiger partial charge on any atom is 0.253 e. The average Bonchev–Trinajstić information content (AvgIpc) is 3.25. The van der Waals surface area contributed by atoms with E-state index in [2.05, 4.69) is 10.3 Å². The van der Waals surface area contributed by atoms with Gasteiger partial charge in [-0.3, -0.25) is 9.59 Å². The first kappa shape index (κ1) is 17.8. The summed E-state index contributed by atoms with van der Waals surface area (Å²) >= 11 is 0. The summed E-state index contributed by atoms with van der Waals surface area (Å²) in [6.07, 6.45) is 7.10. The molecule has 1 aliphatic rings. The van der Waals surface area contributed by atoms with Gasteiger partial charge in [-0.1, -0.05) is 5.57 Å². The van der Waals surface area contributed by atoms with E-state index in [0.717, 1.165) is 5.57 Å². The monoisotopic (exact) mass is 356 g/mol. The Bertz CT molecular complexity index is 841. The van der Waals surface area contributed by atoms with Gasteiger partial charge in [0.1, 0.15) is 5.82 Å². The molecule has 1 aromatic carbocycles. The summed E-state index contributed by atoms with van der Waals surface area (Å²) in [5.74, 6) is -0.896. The Labute approximate surface area is 151 Å². The summed E-state index contributed by atoms with van der Waals surface area (Å²) in [5.41, 5.74) is 1.72. The van der Waals surface area contributed by atoms with Gasteiger partial charge < -0.3 is 14.8 Å². The number of amides is 2. The Morgan fingerprint density at radius 3 is 2.85 bits per heavy atom. The second-order valence-electron chi connectivity index (χ2n) is 6.60. The molecule has 0 saturated carbocycles. The van der Waals surface area contributed by atoms with E-state index in [-0.39, 0.29) is 23.4 Å². The van der Waals surface area contributed by atoms with Crippen LogP contribution in [0.5, 0.6) is 0 Å². The molecule has 6 nitrogen and oxygen atoms in total. The fraction of sp³-hybridized carbons (Fsp3) is 0.316. The topological polar surface area (TPSA) is 67.2 Å². The summed E-state index contributed by atoms with van der Waals surface area (Å²) in [4.78, 5) is 30.5. The highest BCUT2D eigenvalue weighted by Gasteiger charge is 2.27. The average molecular weight is 356 g/mol. The fourth-order valence-corrected chi connectivity index (χ4v) is 3.00. The number of imidazole rings is 1. The van der Waals surface area contributed by atoms with Crippen molar-refractivity contribution in [2.75, 3.05) is 13.1 Å². The third-order valence-electron chi connectivity index (χ3n) is 4.23. The van der Waals surface area contributed by atoms with Crippen molar-refractivity contribution in [3.63, 3.8) is 0 Å². The molecule has 0 spiro atoms. The molecular formula is C19H21FN4O2. The van der Waals surface area contributed by atoms with E-state index in [1.807, 2.05) is 13.8 Å². The second kappa shape index (κ2) is 7.51. The van der Waals surface area contributed by atoms with Gasteiger partial charge in [0, 0.05) is 37.6 Å². The van der Waals surface area contributed by atoms with E-state index in [1.165, 1.54) is 12.1 Å². The van der Waals surface area contributed by atoms with E-state index >= 15 is 0 Å². The van der Waals surface area contributed by atoms with Crippen LogP contribution in [0.4, 0.5) is 4.39 Å². The zero-order valence-corrected chi connectivity index (χ0v) is 14.8. The van der Waals surface area contributed by atoms with Crippen LogP contribution in [0.2, 0.25) is 0 Å². The number of nitrogens with one attached hydrogen (secondary N) is 1. The minimum absolute atomic E-state index is 0.0494. The molecule has 0 radical (unpaired) electrons. The lowest BCUT2D eigenvalue weighted by molar-refractivity contribution is -0.125.